The standard InChI is InChI=1S/C5H10O2.C4H8O2.2CH4/c1-4(2)5(6)7-3;1-3(2)4(5)6;;/h4H,1-3H3;3H,1-2H3,(H,5,6);2*1H4. The number of aliphatic carboxylic acids is 1. The van der Waals surface area contributed by atoms with Crippen LogP contribution >= 0.6 is 0 Å². The molecule has 1 N–H and O–H groups in total. The smallest absolute Gasteiger partial charge is 0.308 e. The highest BCUT2D eigenvalue weighted by molar-refractivity contribution is 5.71. The number of hydrogen-bond acceptors (Lipinski definition) is 3. The van der Waals surface area contributed by atoms with Gasteiger partial charge in [-0.05, 0) is 0 Å². The molecule has 0 heterocycles. The van der Waals surface area contributed by atoms with E-state index in [-0.39, 0.29) is 32.7 Å². The van der Waals surface area contributed by atoms with Gasteiger partial charge < -0.3 is 9.84 Å². The minimum atomic E-state index is -0.741. The van der Waals surface area contributed by atoms with Crippen LogP contribution in [0, 0.1) is 11.8 Å². The average Bonchev–Trinajstić information content (AvgIpc) is 2.03. The zero-order valence-corrected chi connectivity index (χ0v) is 8.83. The third kappa shape index (κ3) is 19.4. The Hall–Kier alpha value is -1.06. The van der Waals surface area contributed by atoms with Gasteiger partial charge >= 0.3 is 11.9 Å². The molecule has 0 unspecified atom stereocenters. The molecule has 0 amide bonds. The minimum Gasteiger partial charge on any atom is -0.481 e. The highest BCUT2D eigenvalue weighted by atomic mass is 16.5. The Labute approximate surface area is 93.6 Å². The summed E-state index contributed by atoms with van der Waals surface area (Å²) < 4.78 is 4.37. The molecule has 0 saturated heterocycles. The van der Waals surface area contributed by atoms with Crippen LogP contribution in [0.5, 0.6) is 0 Å². The van der Waals surface area contributed by atoms with Crippen molar-refractivity contribution < 1.29 is 19.4 Å². The monoisotopic (exact) mass is 222 g/mol. The number of carbonyl (C=O) groups is 2. The highest BCUT2D eigenvalue weighted by Crippen LogP contribution is 1.91. The van der Waals surface area contributed by atoms with Gasteiger partial charge in [0.25, 0.3) is 0 Å². The Bertz CT molecular complexity index is 162. The second-order valence-electron chi connectivity index (χ2n) is 3.17. The molecule has 0 spiro atoms. The number of ether oxygens (including phenoxy) is 1. The minimum absolute atomic E-state index is 0. The first kappa shape index (κ1) is 23.6. The van der Waals surface area contributed by atoms with E-state index in [2.05, 4.69) is 4.74 Å². The van der Waals surface area contributed by atoms with E-state index in [1.54, 1.807) is 27.7 Å². The molecule has 0 atom stereocenters. The molecular formula is C11H26O4. The largest absolute Gasteiger partial charge is 0.481 e. The van der Waals surface area contributed by atoms with Gasteiger partial charge in [0.15, 0.2) is 0 Å². The Balaban J connectivity index is -0.0000000718. The number of methoxy groups -OCH3 is 1. The molecule has 15 heavy (non-hydrogen) atoms. The fraction of sp³-hybridized carbons (Fsp3) is 0.818. The lowest BCUT2D eigenvalue weighted by molar-refractivity contribution is -0.144. The van der Waals surface area contributed by atoms with Crippen LogP contribution in [-0.4, -0.2) is 24.2 Å². The van der Waals surface area contributed by atoms with Crippen molar-refractivity contribution in [3.63, 3.8) is 0 Å². The van der Waals surface area contributed by atoms with Gasteiger partial charge in [0.1, 0.15) is 0 Å². The van der Waals surface area contributed by atoms with Crippen LogP contribution in [0.15, 0.2) is 0 Å². The molecule has 0 rings (SSSR count). The normalized spacial score (nSPS) is 7.93. The molecule has 0 aliphatic carbocycles. The SMILES string of the molecule is C.C.CC(C)C(=O)O.COC(=O)C(C)C. The summed E-state index contributed by atoms with van der Waals surface area (Å²) in [6.07, 6.45) is 0. The molecule has 0 aromatic rings. The summed E-state index contributed by atoms with van der Waals surface area (Å²) in [5, 5.41) is 7.99. The summed E-state index contributed by atoms with van der Waals surface area (Å²) in [6.45, 7) is 6.88. The van der Waals surface area contributed by atoms with Crippen molar-refractivity contribution in [2.24, 2.45) is 11.8 Å². The van der Waals surface area contributed by atoms with E-state index in [0.29, 0.717) is 0 Å². The summed E-state index contributed by atoms with van der Waals surface area (Å²) in [4.78, 5) is 20.0. The molecule has 4 heteroatoms. The van der Waals surface area contributed by atoms with Gasteiger partial charge in [-0.15, -0.1) is 0 Å². The van der Waals surface area contributed by atoms with Crippen molar-refractivity contribution >= 4 is 11.9 Å². The molecular weight excluding hydrogens is 196 g/mol. The van der Waals surface area contributed by atoms with Crippen LogP contribution < -0.4 is 0 Å². The van der Waals surface area contributed by atoms with Gasteiger partial charge in [-0.2, -0.15) is 0 Å². The summed E-state index contributed by atoms with van der Waals surface area (Å²) in [6, 6.07) is 0. The number of esters is 1. The Morgan fingerprint density at radius 2 is 1.27 bits per heavy atom. The van der Waals surface area contributed by atoms with Gasteiger partial charge in [0.2, 0.25) is 0 Å². The first-order valence-corrected chi connectivity index (χ1v) is 4.13. The third-order valence-corrected chi connectivity index (χ3v) is 1.17. The number of hydrogen-bond donors (Lipinski definition) is 1. The second kappa shape index (κ2) is 12.9. The van der Waals surface area contributed by atoms with Crippen molar-refractivity contribution in [2.75, 3.05) is 7.11 Å². The van der Waals surface area contributed by atoms with Gasteiger partial charge in [-0.3, -0.25) is 9.59 Å². The van der Waals surface area contributed by atoms with E-state index in [9.17, 15) is 9.59 Å². The maximum absolute atomic E-state index is 10.3. The quantitative estimate of drug-likeness (QED) is 0.730. The zero-order valence-electron chi connectivity index (χ0n) is 8.83. The van der Waals surface area contributed by atoms with Gasteiger partial charge in [-0.25, -0.2) is 0 Å². The maximum atomic E-state index is 10.3. The number of carboxylic acids is 1. The molecule has 0 bridgehead atoms. The van der Waals surface area contributed by atoms with E-state index >= 15 is 0 Å². The van der Waals surface area contributed by atoms with Crippen molar-refractivity contribution in [1.82, 2.24) is 0 Å². The summed E-state index contributed by atoms with van der Waals surface area (Å²) in [5.74, 6) is -1.12. The Kier molecular flexibility index (Phi) is 20.4. The van der Waals surface area contributed by atoms with Crippen LogP contribution in [0.4, 0.5) is 0 Å². The Morgan fingerprint density at radius 1 is 1.00 bits per heavy atom. The van der Waals surface area contributed by atoms with Crippen molar-refractivity contribution in [1.29, 1.82) is 0 Å². The van der Waals surface area contributed by atoms with E-state index in [4.69, 9.17) is 5.11 Å². The lowest BCUT2D eigenvalue weighted by atomic mass is 10.2. The maximum Gasteiger partial charge on any atom is 0.308 e. The summed E-state index contributed by atoms with van der Waals surface area (Å²) >= 11 is 0. The lowest BCUT2D eigenvalue weighted by Gasteiger charge is -1.97. The highest BCUT2D eigenvalue weighted by Gasteiger charge is 2.03. The predicted molar refractivity (Wildman–Crippen MR) is 62.8 cm³/mol. The van der Waals surface area contributed by atoms with Crippen molar-refractivity contribution in [3.8, 4) is 0 Å². The van der Waals surface area contributed by atoms with Crippen LogP contribution in [0.25, 0.3) is 0 Å². The van der Waals surface area contributed by atoms with Crippen LogP contribution in [-0.2, 0) is 14.3 Å². The van der Waals surface area contributed by atoms with Crippen LogP contribution in [0.2, 0.25) is 0 Å². The fourth-order valence-corrected chi connectivity index (χ4v) is 0.236. The topological polar surface area (TPSA) is 63.6 Å². The number of rotatable bonds is 2. The molecule has 0 radical (unpaired) electrons. The zero-order chi connectivity index (χ0) is 11.0. The molecule has 0 saturated carbocycles. The van der Waals surface area contributed by atoms with Crippen molar-refractivity contribution in [2.45, 2.75) is 42.5 Å². The molecule has 0 aromatic heterocycles. The Morgan fingerprint density at radius 3 is 1.27 bits per heavy atom. The van der Waals surface area contributed by atoms with Crippen LogP contribution in [0.3, 0.4) is 0 Å². The summed E-state index contributed by atoms with van der Waals surface area (Å²) in [7, 11) is 1.39. The van der Waals surface area contributed by atoms with Gasteiger partial charge in [-0.1, -0.05) is 42.5 Å². The van der Waals surface area contributed by atoms with E-state index in [0.717, 1.165) is 0 Å². The average molecular weight is 222 g/mol. The molecule has 94 valence electrons. The fourth-order valence-electron chi connectivity index (χ4n) is 0.236. The van der Waals surface area contributed by atoms with Crippen LogP contribution in [0.1, 0.15) is 42.5 Å². The van der Waals surface area contributed by atoms with Gasteiger partial charge in [0, 0.05) is 0 Å². The van der Waals surface area contributed by atoms with E-state index in [1.807, 2.05) is 0 Å². The lowest BCUT2D eigenvalue weighted by Crippen LogP contribution is -2.07. The number of carboxylic acid groups (broad SMARTS) is 1. The first-order chi connectivity index (χ1) is 5.82. The second-order valence-corrected chi connectivity index (χ2v) is 3.17. The van der Waals surface area contributed by atoms with E-state index in [1.165, 1.54) is 7.11 Å². The summed E-state index contributed by atoms with van der Waals surface area (Å²) in [5.41, 5.74) is 0. The molecule has 0 aromatic carbocycles. The van der Waals surface area contributed by atoms with E-state index < -0.39 is 5.97 Å². The van der Waals surface area contributed by atoms with Crippen molar-refractivity contribution in [3.05, 3.63) is 0 Å². The number of carbonyl (C=O) groups excluding carboxylic acids is 1. The molecule has 0 fully saturated rings. The third-order valence-electron chi connectivity index (χ3n) is 1.17. The molecule has 4 nitrogen and oxygen atoms in total. The predicted octanol–water partition coefficient (Wildman–Crippen LogP) is 2.81. The van der Waals surface area contributed by atoms with Gasteiger partial charge in [0.05, 0.1) is 18.9 Å². The molecule has 0 aliphatic rings. The first-order valence-electron chi connectivity index (χ1n) is 4.13. The molecule has 0 aliphatic heterocycles.